The monoisotopic (exact) mass is 328 g/mol. The van der Waals surface area contributed by atoms with Crippen LogP contribution in [-0.2, 0) is 24.8 Å². The van der Waals surface area contributed by atoms with Gasteiger partial charge in [0.15, 0.2) is 0 Å². The van der Waals surface area contributed by atoms with Crippen molar-refractivity contribution < 1.29 is 21.6 Å². The molecule has 108 valence electrons. The molecule has 0 fully saturated rings. The van der Waals surface area contributed by atoms with E-state index in [0.29, 0.717) is 0 Å². The van der Waals surface area contributed by atoms with E-state index in [1.807, 2.05) is 0 Å². The zero-order valence-electron chi connectivity index (χ0n) is 9.96. The quantitative estimate of drug-likeness (QED) is 0.783. The zero-order valence-corrected chi connectivity index (χ0v) is 12.3. The highest BCUT2D eigenvalue weighted by Crippen LogP contribution is 2.25. The highest BCUT2D eigenvalue weighted by atomic mass is 35.5. The van der Waals surface area contributed by atoms with E-state index in [4.69, 9.17) is 16.7 Å². The standard InChI is InChI=1S/C9H13ClN2O5S2/c1-17-4-5-18(13,14)12-9-3-2-7(6-8(9)10)19(11,15)16/h2-3,6,12H,4-5H2,1H3,(H2,11,15,16). The molecule has 0 saturated carbocycles. The lowest BCUT2D eigenvalue weighted by Crippen LogP contribution is -2.20. The molecule has 0 aliphatic carbocycles. The Kier molecular flexibility index (Phi) is 5.16. The molecule has 0 unspecified atom stereocenters. The van der Waals surface area contributed by atoms with E-state index in [1.54, 1.807) is 0 Å². The second kappa shape index (κ2) is 6.06. The third-order valence-corrected chi connectivity index (χ3v) is 4.55. The van der Waals surface area contributed by atoms with E-state index in [2.05, 4.69) is 9.46 Å². The topological polar surface area (TPSA) is 116 Å². The molecule has 0 aliphatic heterocycles. The van der Waals surface area contributed by atoms with Gasteiger partial charge in [0, 0.05) is 7.11 Å². The maximum atomic E-state index is 11.6. The van der Waals surface area contributed by atoms with E-state index in [0.717, 1.165) is 12.1 Å². The first kappa shape index (κ1) is 16.2. The normalized spacial score (nSPS) is 12.4. The number of benzene rings is 1. The van der Waals surface area contributed by atoms with Crippen LogP contribution in [0, 0.1) is 0 Å². The third-order valence-electron chi connectivity index (χ3n) is 2.09. The summed E-state index contributed by atoms with van der Waals surface area (Å²) in [6, 6.07) is 3.47. The molecule has 0 radical (unpaired) electrons. The van der Waals surface area contributed by atoms with Crippen LogP contribution in [0.3, 0.4) is 0 Å². The predicted octanol–water partition coefficient (Wildman–Crippen LogP) is 0.376. The van der Waals surface area contributed by atoms with Crippen LogP contribution < -0.4 is 9.86 Å². The lowest BCUT2D eigenvalue weighted by atomic mass is 10.3. The Morgan fingerprint density at radius 3 is 2.42 bits per heavy atom. The van der Waals surface area contributed by atoms with Crippen molar-refractivity contribution in [2.24, 2.45) is 5.14 Å². The first-order chi connectivity index (χ1) is 8.65. The summed E-state index contributed by atoms with van der Waals surface area (Å²) in [5.41, 5.74) is 0.0742. The minimum atomic E-state index is -3.88. The number of ether oxygens (including phenoxy) is 1. The second-order valence-corrected chi connectivity index (χ2v) is 7.41. The van der Waals surface area contributed by atoms with Gasteiger partial charge in [-0.25, -0.2) is 22.0 Å². The molecule has 0 atom stereocenters. The predicted molar refractivity (Wildman–Crippen MR) is 72.1 cm³/mol. The molecule has 0 saturated heterocycles. The van der Waals surface area contributed by atoms with Crippen molar-refractivity contribution in [3.05, 3.63) is 23.2 Å². The van der Waals surface area contributed by atoms with Gasteiger partial charge in [-0.3, -0.25) is 4.72 Å². The first-order valence-corrected chi connectivity index (χ1v) is 8.55. The van der Waals surface area contributed by atoms with E-state index < -0.39 is 20.0 Å². The average molecular weight is 329 g/mol. The second-order valence-electron chi connectivity index (χ2n) is 3.60. The molecular weight excluding hydrogens is 316 g/mol. The van der Waals surface area contributed by atoms with Crippen LogP contribution in [0.2, 0.25) is 5.02 Å². The van der Waals surface area contributed by atoms with Gasteiger partial charge in [0.2, 0.25) is 20.0 Å². The number of nitrogens with two attached hydrogens (primary N) is 1. The van der Waals surface area contributed by atoms with Crippen LogP contribution in [0.4, 0.5) is 5.69 Å². The summed E-state index contributed by atoms with van der Waals surface area (Å²) in [6.07, 6.45) is 0. The number of anilines is 1. The van der Waals surface area contributed by atoms with Crippen LogP contribution in [-0.4, -0.2) is 36.3 Å². The van der Waals surface area contributed by atoms with Crippen LogP contribution in [0.5, 0.6) is 0 Å². The van der Waals surface area contributed by atoms with E-state index >= 15 is 0 Å². The highest BCUT2D eigenvalue weighted by Gasteiger charge is 2.15. The highest BCUT2D eigenvalue weighted by molar-refractivity contribution is 7.92. The van der Waals surface area contributed by atoms with Crippen molar-refractivity contribution in [1.82, 2.24) is 0 Å². The SMILES string of the molecule is COCCS(=O)(=O)Nc1ccc(S(N)(=O)=O)cc1Cl. The summed E-state index contributed by atoms with van der Waals surface area (Å²) in [6.45, 7) is 0.0300. The Hall–Kier alpha value is -0.870. The summed E-state index contributed by atoms with van der Waals surface area (Å²) >= 11 is 5.80. The van der Waals surface area contributed by atoms with Crippen molar-refractivity contribution in [2.45, 2.75) is 4.90 Å². The Balaban J connectivity index is 2.99. The summed E-state index contributed by atoms with van der Waals surface area (Å²) < 4.78 is 52.3. The molecule has 19 heavy (non-hydrogen) atoms. The van der Waals surface area contributed by atoms with Gasteiger partial charge in [-0.1, -0.05) is 11.6 Å². The summed E-state index contributed by atoms with van der Waals surface area (Å²) in [5.74, 6) is -0.239. The smallest absolute Gasteiger partial charge is 0.238 e. The largest absolute Gasteiger partial charge is 0.384 e. The third kappa shape index (κ3) is 4.96. The number of primary sulfonamides is 1. The molecule has 0 aromatic heterocycles. The van der Waals surface area contributed by atoms with Crippen molar-refractivity contribution >= 4 is 37.3 Å². The summed E-state index contributed by atoms with van der Waals surface area (Å²) in [4.78, 5) is -0.197. The van der Waals surface area contributed by atoms with Gasteiger partial charge >= 0.3 is 0 Å². The van der Waals surface area contributed by atoms with Crippen molar-refractivity contribution in [1.29, 1.82) is 0 Å². The van der Waals surface area contributed by atoms with Gasteiger partial charge < -0.3 is 4.74 Å². The van der Waals surface area contributed by atoms with E-state index in [9.17, 15) is 16.8 Å². The molecular formula is C9H13ClN2O5S2. The number of sulfonamides is 2. The molecule has 10 heteroatoms. The van der Waals surface area contributed by atoms with Crippen molar-refractivity contribution in [3.63, 3.8) is 0 Å². The van der Waals surface area contributed by atoms with E-state index in [-0.39, 0.29) is 28.0 Å². The first-order valence-electron chi connectivity index (χ1n) is 4.97. The van der Waals surface area contributed by atoms with Crippen molar-refractivity contribution in [2.75, 3.05) is 24.2 Å². The van der Waals surface area contributed by atoms with Crippen LogP contribution in [0.15, 0.2) is 23.1 Å². The molecule has 1 rings (SSSR count). The fourth-order valence-electron chi connectivity index (χ4n) is 1.17. The van der Waals surface area contributed by atoms with Gasteiger partial charge in [0.25, 0.3) is 0 Å². The van der Waals surface area contributed by atoms with Gasteiger partial charge in [-0.05, 0) is 18.2 Å². The number of methoxy groups -OCH3 is 1. The van der Waals surface area contributed by atoms with Crippen LogP contribution in [0.25, 0.3) is 0 Å². The lowest BCUT2D eigenvalue weighted by molar-refractivity contribution is 0.217. The molecule has 0 spiro atoms. The van der Waals surface area contributed by atoms with Gasteiger partial charge in [-0.15, -0.1) is 0 Å². The molecule has 0 bridgehead atoms. The number of nitrogens with one attached hydrogen (secondary N) is 1. The summed E-state index contributed by atoms with van der Waals surface area (Å²) in [7, 11) is -6.11. The van der Waals surface area contributed by atoms with Gasteiger partial charge in [-0.2, -0.15) is 0 Å². The van der Waals surface area contributed by atoms with Gasteiger partial charge in [0.05, 0.1) is 28.0 Å². The maximum Gasteiger partial charge on any atom is 0.238 e. The van der Waals surface area contributed by atoms with Crippen LogP contribution >= 0.6 is 11.6 Å². The van der Waals surface area contributed by atoms with E-state index in [1.165, 1.54) is 13.2 Å². The molecule has 0 amide bonds. The molecule has 0 heterocycles. The zero-order chi connectivity index (χ0) is 14.7. The average Bonchev–Trinajstić information content (AvgIpc) is 2.27. The van der Waals surface area contributed by atoms with Crippen LogP contribution in [0.1, 0.15) is 0 Å². The summed E-state index contributed by atoms with van der Waals surface area (Å²) in [5, 5.41) is 4.86. The fraction of sp³-hybridized carbons (Fsp3) is 0.333. The molecule has 0 aliphatic rings. The molecule has 7 nitrogen and oxygen atoms in total. The molecule has 1 aromatic rings. The fourth-order valence-corrected chi connectivity index (χ4v) is 3.06. The minimum absolute atomic E-state index is 0.0300. The Morgan fingerprint density at radius 1 is 1.32 bits per heavy atom. The van der Waals surface area contributed by atoms with Crippen molar-refractivity contribution in [3.8, 4) is 0 Å². The Morgan fingerprint density at radius 2 is 1.95 bits per heavy atom. The Labute approximate surface area is 116 Å². The number of rotatable bonds is 6. The van der Waals surface area contributed by atoms with Gasteiger partial charge in [0.1, 0.15) is 0 Å². The molecule has 3 N–H and O–H groups in total. The number of hydrogen-bond donors (Lipinski definition) is 2. The minimum Gasteiger partial charge on any atom is -0.384 e. The number of hydrogen-bond acceptors (Lipinski definition) is 5. The number of halogens is 1. The lowest BCUT2D eigenvalue weighted by Gasteiger charge is -2.10. The maximum absolute atomic E-state index is 11.6. The Bertz CT molecular complexity index is 657. The molecule has 1 aromatic carbocycles.